The predicted octanol–water partition coefficient (Wildman–Crippen LogP) is 3.85. The standard InChI is InChI=1S/C22H23NO3/c24-13-15-7-1-6-12-21(15)23-22(25)26-14-20-18-10-4-2-8-16(18)17-9-3-5-11-19(17)20/h1-6,8-11,15,20-21,24H,7,12-14H2,(H,23,25)/t15-,21-/m0/s1. The van der Waals surface area contributed by atoms with Crippen molar-refractivity contribution in [3.05, 3.63) is 71.8 Å². The van der Waals surface area contributed by atoms with E-state index in [1.807, 2.05) is 30.3 Å². The van der Waals surface area contributed by atoms with Crippen LogP contribution in [-0.4, -0.2) is 30.5 Å². The van der Waals surface area contributed by atoms with E-state index in [4.69, 9.17) is 4.74 Å². The normalized spacial score (nSPS) is 21.1. The fourth-order valence-corrected chi connectivity index (χ4v) is 4.04. The molecule has 0 aliphatic heterocycles. The van der Waals surface area contributed by atoms with Gasteiger partial charge in [0.25, 0.3) is 0 Å². The number of aliphatic hydroxyl groups is 1. The zero-order chi connectivity index (χ0) is 17.9. The van der Waals surface area contributed by atoms with Gasteiger partial charge in [0, 0.05) is 24.5 Å². The van der Waals surface area contributed by atoms with Gasteiger partial charge in [0.2, 0.25) is 0 Å². The highest BCUT2D eigenvalue weighted by molar-refractivity contribution is 5.79. The summed E-state index contributed by atoms with van der Waals surface area (Å²) in [5.74, 6) is 0.119. The van der Waals surface area contributed by atoms with Crippen molar-refractivity contribution < 1.29 is 14.6 Å². The van der Waals surface area contributed by atoms with Gasteiger partial charge >= 0.3 is 6.09 Å². The van der Waals surface area contributed by atoms with Crippen molar-refractivity contribution in [1.29, 1.82) is 0 Å². The highest BCUT2D eigenvalue weighted by Gasteiger charge is 2.30. The molecule has 0 saturated carbocycles. The Morgan fingerprint density at radius 2 is 1.62 bits per heavy atom. The lowest BCUT2D eigenvalue weighted by Crippen LogP contribution is -2.42. The smallest absolute Gasteiger partial charge is 0.407 e. The second-order valence-electron chi connectivity index (χ2n) is 6.96. The number of benzene rings is 2. The zero-order valence-corrected chi connectivity index (χ0v) is 14.6. The van der Waals surface area contributed by atoms with Crippen molar-refractivity contribution in [2.75, 3.05) is 13.2 Å². The fourth-order valence-electron chi connectivity index (χ4n) is 4.04. The summed E-state index contributed by atoms with van der Waals surface area (Å²) >= 11 is 0. The molecule has 0 aromatic heterocycles. The molecule has 26 heavy (non-hydrogen) atoms. The molecule has 4 heteroatoms. The minimum atomic E-state index is -0.411. The Kier molecular flexibility index (Phi) is 4.76. The van der Waals surface area contributed by atoms with Crippen molar-refractivity contribution in [2.45, 2.75) is 24.8 Å². The van der Waals surface area contributed by atoms with E-state index in [9.17, 15) is 9.90 Å². The van der Waals surface area contributed by atoms with Crippen molar-refractivity contribution in [3.8, 4) is 11.1 Å². The highest BCUT2D eigenvalue weighted by atomic mass is 16.5. The summed E-state index contributed by atoms with van der Waals surface area (Å²) in [5.41, 5.74) is 4.84. The number of fused-ring (bicyclic) bond motifs is 3. The van der Waals surface area contributed by atoms with Crippen molar-refractivity contribution in [2.24, 2.45) is 5.92 Å². The SMILES string of the molecule is O=C(N[C@H]1CC=CC[C@H]1CO)OCC1c2ccccc2-c2ccccc21. The molecule has 1 amide bonds. The van der Waals surface area contributed by atoms with Gasteiger partial charge in [-0.15, -0.1) is 0 Å². The summed E-state index contributed by atoms with van der Waals surface area (Å²) in [6.45, 7) is 0.380. The van der Waals surface area contributed by atoms with Crippen LogP contribution in [0.4, 0.5) is 4.79 Å². The Bertz CT molecular complexity index is 784. The summed E-state index contributed by atoms with van der Waals surface area (Å²) in [4.78, 5) is 12.3. The largest absolute Gasteiger partial charge is 0.449 e. The van der Waals surface area contributed by atoms with Gasteiger partial charge < -0.3 is 15.2 Å². The zero-order valence-electron chi connectivity index (χ0n) is 14.6. The molecule has 134 valence electrons. The van der Waals surface area contributed by atoms with Gasteiger partial charge in [-0.2, -0.15) is 0 Å². The summed E-state index contributed by atoms with van der Waals surface area (Å²) in [6.07, 6.45) is 5.20. The number of aliphatic hydroxyl groups excluding tert-OH is 1. The van der Waals surface area contributed by atoms with Gasteiger partial charge in [-0.05, 0) is 35.1 Å². The van der Waals surface area contributed by atoms with Gasteiger partial charge in [-0.1, -0.05) is 60.7 Å². The quantitative estimate of drug-likeness (QED) is 0.824. The maximum absolute atomic E-state index is 12.3. The average molecular weight is 349 g/mol. The van der Waals surface area contributed by atoms with Crippen LogP contribution in [0.3, 0.4) is 0 Å². The Morgan fingerprint density at radius 1 is 1.00 bits per heavy atom. The molecule has 0 saturated heterocycles. The summed E-state index contributed by atoms with van der Waals surface area (Å²) in [5, 5.41) is 12.4. The number of alkyl carbamates (subject to hydrolysis) is 1. The number of rotatable bonds is 4. The first-order valence-electron chi connectivity index (χ1n) is 9.15. The van der Waals surface area contributed by atoms with E-state index in [1.54, 1.807) is 0 Å². The Balaban J connectivity index is 1.45. The van der Waals surface area contributed by atoms with E-state index < -0.39 is 6.09 Å². The number of nitrogens with one attached hydrogen (secondary N) is 1. The van der Waals surface area contributed by atoms with Crippen molar-refractivity contribution in [1.82, 2.24) is 5.32 Å². The molecular formula is C22H23NO3. The maximum Gasteiger partial charge on any atom is 0.407 e. The van der Waals surface area contributed by atoms with Crippen LogP contribution in [0.15, 0.2) is 60.7 Å². The number of amides is 1. The van der Waals surface area contributed by atoms with Crippen LogP contribution in [0.25, 0.3) is 11.1 Å². The highest BCUT2D eigenvalue weighted by Crippen LogP contribution is 2.44. The van der Waals surface area contributed by atoms with Crippen LogP contribution < -0.4 is 5.32 Å². The first-order chi connectivity index (χ1) is 12.8. The number of ether oxygens (including phenoxy) is 1. The van der Waals surface area contributed by atoms with E-state index in [0.29, 0.717) is 6.61 Å². The van der Waals surface area contributed by atoms with Gasteiger partial charge in [0.15, 0.2) is 0 Å². The van der Waals surface area contributed by atoms with Crippen LogP contribution in [0.5, 0.6) is 0 Å². The summed E-state index contributed by atoms with van der Waals surface area (Å²) < 4.78 is 5.58. The lowest BCUT2D eigenvalue weighted by atomic mass is 9.90. The fraction of sp³-hybridized carbons (Fsp3) is 0.318. The van der Waals surface area contributed by atoms with Crippen molar-refractivity contribution >= 4 is 6.09 Å². The van der Waals surface area contributed by atoms with E-state index in [1.165, 1.54) is 22.3 Å². The molecule has 0 radical (unpaired) electrons. The molecule has 2 aliphatic rings. The molecule has 0 spiro atoms. The van der Waals surface area contributed by atoms with Gasteiger partial charge in [0.05, 0.1) is 0 Å². The molecule has 2 N–H and O–H groups in total. The first kappa shape index (κ1) is 16.9. The molecule has 0 unspecified atom stereocenters. The molecular weight excluding hydrogens is 326 g/mol. The molecule has 4 rings (SSSR count). The predicted molar refractivity (Wildman–Crippen MR) is 101 cm³/mol. The molecule has 2 aliphatic carbocycles. The molecule has 0 heterocycles. The number of hydrogen-bond donors (Lipinski definition) is 2. The minimum absolute atomic E-state index is 0.0560. The van der Waals surface area contributed by atoms with Crippen molar-refractivity contribution in [3.63, 3.8) is 0 Å². The lowest BCUT2D eigenvalue weighted by Gasteiger charge is -2.27. The molecule has 0 fully saturated rings. The van der Waals surface area contributed by atoms with E-state index in [-0.39, 0.29) is 24.5 Å². The van der Waals surface area contributed by atoms with Crippen LogP contribution in [0.2, 0.25) is 0 Å². The van der Waals surface area contributed by atoms with E-state index in [0.717, 1.165) is 12.8 Å². The lowest BCUT2D eigenvalue weighted by molar-refractivity contribution is 0.126. The second kappa shape index (κ2) is 7.34. The molecule has 2 aromatic carbocycles. The number of carbonyl (C=O) groups is 1. The number of hydrogen-bond acceptors (Lipinski definition) is 3. The van der Waals surface area contributed by atoms with Gasteiger partial charge in [-0.25, -0.2) is 4.79 Å². The average Bonchev–Trinajstić information content (AvgIpc) is 3.01. The topological polar surface area (TPSA) is 58.6 Å². The first-order valence-corrected chi connectivity index (χ1v) is 9.15. The number of allylic oxidation sites excluding steroid dienone is 1. The van der Waals surface area contributed by atoms with Crippen LogP contribution in [0.1, 0.15) is 29.9 Å². The van der Waals surface area contributed by atoms with Gasteiger partial charge in [-0.3, -0.25) is 0 Å². The Hall–Kier alpha value is -2.59. The van der Waals surface area contributed by atoms with Crippen LogP contribution in [-0.2, 0) is 4.74 Å². The van der Waals surface area contributed by atoms with Gasteiger partial charge in [0.1, 0.15) is 6.61 Å². The van der Waals surface area contributed by atoms with Crippen LogP contribution in [0, 0.1) is 5.92 Å². The second-order valence-corrected chi connectivity index (χ2v) is 6.96. The van der Waals surface area contributed by atoms with E-state index in [2.05, 4.69) is 35.7 Å². The molecule has 2 aromatic rings. The molecule has 2 atom stereocenters. The summed E-state index contributed by atoms with van der Waals surface area (Å²) in [7, 11) is 0. The molecule has 0 bridgehead atoms. The third-order valence-corrected chi connectivity index (χ3v) is 5.45. The number of carbonyl (C=O) groups excluding carboxylic acids is 1. The summed E-state index contributed by atoms with van der Waals surface area (Å²) in [6, 6.07) is 16.5. The third-order valence-electron chi connectivity index (χ3n) is 5.45. The third kappa shape index (κ3) is 3.13. The monoisotopic (exact) mass is 349 g/mol. The maximum atomic E-state index is 12.3. The van der Waals surface area contributed by atoms with E-state index >= 15 is 0 Å². The molecule has 4 nitrogen and oxygen atoms in total. The minimum Gasteiger partial charge on any atom is -0.449 e. The Morgan fingerprint density at radius 3 is 2.27 bits per heavy atom. The van der Waals surface area contributed by atoms with Crippen LogP contribution >= 0.6 is 0 Å². The Labute approximate surface area is 153 Å².